The molecule has 3 heterocycles. The van der Waals surface area contributed by atoms with Gasteiger partial charge in [0.1, 0.15) is 5.82 Å². The summed E-state index contributed by atoms with van der Waals surface area (Å²) in [6.07, 6.45) is 7.16. The van der Waals surface area contributed by atoms with Gasteiger partial charge in [0.2, 0.25) is 0 Å². The average Bonchev–Trinajstić information content (AvgIpc) is 3.22. The highest BCUT2D eigenvalue weighted by Gasteiger charge is 2.13. The Morgan fingerprint density at radius 3 is 2.88 bits per heavy atom. The SMILES string of the molecule is CCn1c(-c2cncc(Cn3ccnn3)c2)nc2ccc(Cl)cc21. The maximum atomic E-state index is 6.14. The highest BCUT2D eigenvalue weighted by atomic mass is 35.5. The summed E-state index contributed by atoms with van der Waals surface area (Å²) in [6.45, 7) is 3.52. The molecular weight excluding hydrogens is 324 g/mol. The lowest BCUT2D eigenvalue weighted by atomic mass is 10.2. The normalized spacial score (nSPS) is 11.2. The molecule has 0 aliphatic rings. The Balaban J connectivity index is 1.79. The Morgan fingerprint density at radius 1 is 1.17 bits per heavy atom. The fourth-order valence-electron chi connectivity index (χ4n) is 2.84. The zero-order valence-corrected chi connectivity index (χ0v) is 13.9. The van der Waals surface area contributed by atoms with Crippen molar-refractivity contribution >= 4 is 22.6 Å². The van der Waals surface area contributed by atoms with Crippen LogP contribution in [0.2, 0.25) is 5.02 Å². The van der Waals surface area contributed by atoms with E-state index in [1.165, 1.54) is 0 Å². The van der Waals surface area contributed by atoms with E-state index in [0.717, 1.165) is 34.5 Å². The van der Waals surface area contributed by atoms with Crippen molar-refractivity contribution < 1.29 is 0 Å². The van der Waals surface area contributed by atoms with Crippen LogP contribution in [0, 0.1) is 0 Å². The summed E-state index contributed by atoms with van der Waals surface area (Å²) in [4.78, 5) is 9.13. The second-order valence-corrected chi connectivity index (χ2v) is 5.93. The largest absolute Gasteiger partial charge is 0.324 e. The van der Waals surface area contributed by atoms with Crippen LogP contribution in [0.3, 0.4) is 0 Å². The third-order valence-electron chi connectivity index (χ3n) is 3.90. The lowest BCUT2D eigenvalue weighted by Gasteiger charge is -2.07. The Kier molecular flexibility index (Phi) is 3.74. The highest BCUT2D eigenvalue weighted by molar-refractivity contribution is 6.31. The van der Waals surface area contributed by atoms with E-state index in [1.54, 1.807) is 10.9 Å². The molecule has 0 aliphatic heterocycles. The monoisotopic (exact) mass is 338 g/mol. The van der Waals surface area contributed by atoms with Crippen molar-refractivity contribution in [2.24, 2.45) is 0 Å². The van der Waals surface area contributed by atoms with Crippen molar-refractivity contribution in [2.75, 3.05) is 0 Å². The third kappa shape index (κ3) is 2.65. The van der Waals surface area contributed by atoms with E-state index in [9.17, 15) is 0 Å². The summed E-state index contributed by atoms with van der Waals surface area (Å²) >= 11 is 6.14. The van der Waals surface area contributed by atoms with Crippen molar-refractivity contribution in [3.8, 4) is 11.4 Å². The number of nitrogens with zero attached hydrogens (tertiary/aromatic N) is 6. The Morgan fingerprint density at radius 2 is 2.08 bits per heavy atom. The molecule has 4 aromatic rings. The van der Waals surface area contributed by atoms with E-state index in [0.29, 0.717) is 11.6 Å². The van der Waals surface area contributed by atoms with Gasteiger partial charge in [0, 0.05) is 35.7 Å². The fourth-order valence-corrected chi connectivity index (χ4v) is 3.00. The van der Waals surface area contributed by atoms with Crippen LogP contribution < -0.4 is 0 Å². The first kappa shape index (κ1) is 14.8. The van der Waals surface area contributed by atoms with Crippen LogP contribution in [0.25, 0.3) is 22.4 Å². The third-order valence-corrected chi connectivity index (χ3v) is 4.13. The predicted molar refractivity (Wildman–Crippen MR) is 92.8 cm³/mol. The number of benzene rings is 1. The summed E-state index contributed by atoms with van der Waals surface area (Å²) in [6, 6.07) is 7.84. The van der Waals surface area contributed by atoms with Crippen LogP contribution in [-0.2, 0) is 13.1 Å². The minimum absolute atomic E-state index is 0.624. The van der Waals surface area contributed by atoms with Gasteiger partial charge in [-0.15, -0.1) is 5.10 Å². The molecule has 0 atom stereocenters. The molecule has 24 heavy (non-hydrogen) atoms. The first-order valence-electron chi connectivity index (χ1n) is 7.69. The van der Waals surface area contributed by atoms with Gasteiger partial charge in [-0.25, -0.2) is 9.67 Å². The quantitative estimate of drug-likeness (QED) is 0.572. The maximum Gasteiger partial charge on any atom is 0.142 e. The Hall–Kier alpha value is -2.73. The summed E-state index contributed by atoms with van der Waals surface area (Å²) in [7, 11) is 0. The highest BCUT2D eigenvalue weighted by Crippen LogP contribution is 2.27. The molecule has 120 valence electrons. The zero-order valence-electron chi connectivity index (χ0n) is 13.1. The van der Waals surface area contributed by atoms with Gasteiger partial charge in [0.05, 0.1) is 23.8 Å². The molecule has 0 spiro atoms. The summed E-state index contributed by atoms with van der Waals surface area (Å²) in [5, 5.41) is 8.53. The molecule has 0 N–H and O–H groups in total. The van der Waals surface area contributed by atoms with Crippen LogP contribution in [0.1, 0.15) is 12.5 Å². The van der Waals surface area contributed by atoms with E-state index in [4.69, 9.17) is 16.6 Å². The van der Waals surface area contributed by atoms with E-state index in [1.807, 2.05) is 36.8 Å². The number of pyridine rings is 1. The van der Waals surface area contributed by atoms with Gasteiger partial charge in [0.25, 0.3) is 0 Å². The van der Waals surface area contributed by atoms with Crippen LogP contribution in [0.15, 0.2) is 49.1 Å². The van der Waals surface area contributed by atoms with Gasteiger partial charge in [-0.3, -0.25) is 4.98 Å². The predicted octanol–water partition coefficient (Wildman–Crippen LogP) is 3.41. The molecule has 0 saturated carbocycles. The summed E-state index contributed by atoms with van der Waals surface area (Å²) < 4.78 is 3.92. The number of rotatable bonds is 4. The van der Waals surface area contributed by atoms with Crippen LogP contribution in [-0.4, -0.2) is 29.5 Å². The molecule has 0 bridgehead atoms. The van der Waals surface area contributed by atoms with Crippen molar-refractivity contribution in [3.05, 3.63) is 59.6 Å². The minimum Gasteiger partial charge on any atom is -0.324 e. The number of aromatic nitrogens is 6. The van der Waals surface area contributed by atoms with Crippen molar-refractivity contribution in [3.63, 3.8) is 0 Å². The van der Waals surface area contributed by atoms with Crippen molar-refractivity contribution in [1.29, 1.82) is 0 Å². The van der Waals surface area contributed by atoms with Crippen LogP contribution >= 0.6 is 11.6 Å². The van der Waals surface area contributed by atoms with Crippen LogP contribution in [0.4, 0.5) is 0 Å². The van der Waals surface area contributed by atoms with Gasteiger partial charge in [-0.05, 0) is 36.8 Å². The van der Waals surface area contributed by atoms with Crippen molar-refractivity contribution in [2.45, 2.75) is 20.0 Å². The molecule has 0 unspecified atom stereocenters. The number of halogens is 1. The molecule has 4 rings (SSSR count). The van der Waals surface area contributed by atoms with E-state index in [2.05, 4.69) is 32.9 Å². The fraction of sp³-hybridized carbons (Fsp3) is 0.176. The first-order valence-corrected chi connectivity index (χ1v) is 8.06. The van der Waals surface area contributed by atoms with E-state index in [-0.39, 0.29) is 0 Å². The zero-order chi connectivity index (χ0) is 16.5. The molecule has 0 amide bonds. The standard InChI is InChI=1S/C17H15ClN6/c1-2-24-16-8-14(18)3-4-15(16)21-17(24)13-7-12(9-19-10-13)11-23-6-5-20-22-23/h3-10H,2,11H2,1H3. The van der Waals surface area contributed by atoms with E-state index >= 15 is 0 Å². The molecule has 0 fully saturated rings. The summed E-state index contributed by atoms with van der Waals surface area (Å²) in [5.74, 6) is 0.891. The topological polar surface area (TPSA) is 61.4 Å². The molecule has 0 saturated heterocycles. The molecule has 1 aromatic carbocycles. The number of imidazole rings is 1. The molecule has 7 heteroatoms. The van der Waals surface area contributed by atoms with Crippen molar-refractivity contribution in [1.82, 2.24) is 29.5 Å². The molecule has 0 aliphatic carbocycles. The van der Waals surface area contributed by atoms with Crippen LogP contribution in [0.5, 0.6) is 0 Å². The second-order valence-electron chi connectivity index (χ2n) is 5.50. The van der Waals surface area contributed by atoms with Gasteiger partial charge in [-0.1, -0.05) is 16.8 Å². The Labute approximate surface area is 143 Å². The molecule has 3 aromatic heterocycles. The van der Waals surface area contributed by atoms with Gasteiger partial charge < -0.3 is 4.57 Å². The van der Waals surface area contributed by atoms with E-state index < -0.39 is 0 Å². The number of hydrogen-bond acceptors (Lipinski definition) is 4. The van der Waals surface area contributed by atoms with Gasteiger partial charge in [-0.2, -0.15) is 0 Å². The number of fused-ring (bicyclic) bond motifs is 1. The Bertz CT molecular complexity index is 990. The first-order chi connectivity index (χ1) is 11.7. The smallest absolute Gasteiger partial charge is 0.142 e. The summed E-state index contributed by atoms with van der Waals surface area (Å²) in [5.41, 5.74) is 3.98. The van der Waals surface area contributed by atoms with Gasteiger partial charge in [0.15, 0.2) is 0 Å². The minimum atomic E-state index is 0.624. The lowest BCUT2D eigenvalue weighted by Crippen LogP contribution is -2.02. The number of aryl methyl sites for hydroxylation is 1. The van der Waals surface area contributed by atoms with Gasteiger partial charge >= 0.3 is 0 Å². The second kappa shape index (κ2) is 6.05. The lowest BCUT2D eigenvalue weighted by molar-refractivity contribution is 0.648. The average molecular weight is 339 g/mol. The molecule has 0 radical (unpaired) electrons. The maximum absolute atomic E-state index is 6.14. The molecular formula is C17H15ClN6. The molecule has 6 nitrogen and oxygen atoms in total. The number of hydrogen-bond donors (Lipinski definition) is 0.